The van der Waals surface area contributed by atoms with E-state index in [0.29, 0.717) is 10.8 Å². The van der Waals surface area contributed by atoms with Crippen LogP contribution in [0.2, 0.25) is 5.02 Å². The molecule has 5 heteroatoms. The van der Waals surface area contributed by atoms with Gasteiger partial charge >= 0.3 is 0 Å². The Hall–Kier alpha value is -2.04. The Morgan fingerprint density at radius 1 is 1.26 bits per heavy atom. The SMILES string of the molecule is CC(c1ccc(Cl)cc1)N(C)C(=O)COc1cccc(CO)c1. The monoisotopic (exact) mass is 333 g/mol. The van der Waals surface area contributed by atoms with Crippen molar-refractivity contribution in [1.82, 2.24) is 4.90 Å². The zero-order chi connectivity index (χ0) is 16.8. The van der Waals surface area contributed by atoms with Crippen molar-refractivity contribution in [3.63, 3.8) is 0 Å². The molecule has 122 valence electrons. The largest absolute Gasteiger partial charge is 0.484 e. The van der Waals surface area contributed by atoms with Gasteiger partial charge in [-0.25, -0.2) is 0 Å². The third kappa shape index (κ3) is 4.71. The molecule has 23 heavy (non-hydrogen) atoms. The first kappa shape index (κ1) is 17.3. The molecule has 0 aliphatic rings. The molecule has 0 aromatic heterocycles. The van der Waals surface area contributed by atoms with Crippen molar-refractivity contribution in [2.24, 2.45) is 0 Å². The minimum Gasteiger partial charge on any atom is -0.484 e. The first-order chi connectivity index (χ1) is 11.0. The van der Waals surface area contributed by atoms with E-state index in [1.807, 2.05) is 31.2 Å². The molecular weight excluding hydrogens is 314 g/mol. The number of aliphatic hydroxyl groups is 1. The minimum absolute atomic E-state index is 0.0523. The number of ether oxygens (including phenoxy) is 1. The van der Waals surface area contributed by atoms with Crippen molar-refractivity contribution in [3.8, 4) is 5.75 Å². The van der Waals surface area contributed by atoms with Crippen LogP contribution in [0.15, 0.2) is 48.5 Å². The van der Waals surface area contributed by atoms with Crippen molar-refractivity contribution < 1.29 is 14.6 Å². The molecular formula is C18H20ClNO3. The zero-order valence-corrected chi connectivity index (χ0v) is 14.0. The van der Waals surface area contributed by atoms with Gasteiger partial charge in [-0.1, -0.05) is 35.9 Å². The molecule has 0 radical (unpaired) electrons. The Kier molecular flexibility index (Phi) is 6.02. The second-order valence-electron chi connectivity index (χ2n) is 5.33. The predicted molar refractivity (Wildman–Crippen MR) is 90.5 cm³/mol. The topological polar surface area (TPSA) is 49.8 Å². The number of nitrogens with zero attached hydrogens (tertiary/aromatic N) is 1. The number of benzene rings is 2. The average molecular weight is 334 g/mol. The lowest BCUT2D eigenvalue weighted by Gasteiger charge is -2.25. The van der Waals surface area contributed by atoms with Crippen molar-refractivity contribution in [3.05, 3.63) is 64.7 Å². The number of likely N-dealkylation sites (N-methyl/N-ethyl adjacent to an activating group) is 1. The van der Waals surface area contributed by atoms with Crippen LogP contribution in [-0.2, 0) is 11.4 Å². The number of rotatable bonds is 6. The molecule has 0 saturated heterocycles. The summed E-state index contributed by atoms with van der Waals surface area (Å²) in [7, 11) is 1.75. The number of aliphatic hydroxyl groups excluding tert-OH is 1. The molecule has 1 unspecified atom stereocenters. The first-order valence-corrected chi connectivity index (χ1v) is 7.72. The minimum atomic E-state index is -0.123. The van der Waals surface area contributed by atoms with Gasteiger partial charge in [0.05, 0.1) is 12.6 Å². The van der Waals surface area contributed by atoms with Gasteiger partial charge in [0.25, 0.3) is 5.91 Å². The molecule has 0 saturated carbocycles. The van der Waals surface area contributed by atoms with Crippen LogP contribution in [0.1, 0.15) is 24.1 Å². The number of hydrogen-bond donors (Lipinski definition) is 1. The predicted octanol–water partition coefficient (Wildman–Crippen LogP) is 3.43. The van der Waals surface area contributed by atoms with Gasteiger partial charge < -0.3 is 14.7 Å². The van der Waals surface area contributed by atoms with E-state index in [0.717, 1.165) is 11.1 Å². The quantitative estimate of drug-likeness (QED) is 0.881. The number of carbonyl (C=O) groups excluding carboxylic acids is 1. The molecule has 2 rings (SSSR count). The third-order valence-electron chi connectivity index (χ3n) is 3.77. The number of carbonyl (C=O) groups is 1. The van der Waals surface area contributed by atoms with Crippen molar-refractivity contribution in [2.45, 2.75) is 19.6 Å². The molecule has 0 fully saturated rings. The lowest BCUT2D eigenvalue weighted by Crippen LogP contribution is -2.33. The smallest absolute Gasteiger partial charge is 0.260 e. The zero-order valence-electron chi connectivity index (χ0n) is 13.2. The Morgan fingerprint density at radius 2 is 1.96 bits per heavy atom. The molecule has 2 aromatic rings. The van der Waals surface area contributed by atoms with Crippen LogP contribution < -0.4 is 4.74 Å². The van der Waals surface area contributed by atoms with Gasteiger partial charge in [-0.15, -0.1) is 0 Å². The second kappa shape index (κ2) is 7.99. The summed E-state index contributed by atoms with van der Waals surface area (Å²) in [6, 6.07) is 14.4. The van der Waals surface area contributed by atoms with Crippen LogP contribution in [0.4, 0.5) is 0 Å². The average Bonchev–Trinajstić information content (AvgIpc) is 2.59. The highest BCUT2D eigenvalue weighted by Crippen LogP contribution is 2.21. The Morgan fingerprint density at radius 3 is 2.61 bits per heavy atom. The van der Waals surface area contributed by atoms with Gasteiger partial charge in [0, 0.05) is 12.1 Å². The molecule has 1 atom stereocenters. The van der Waals surface area contributed by atoms with E-state index in [-0.39, 0.29) is 25.2 Å². The van der Waals surface area contributed by atoms with Crippen LogP contribution in [0.25, 0.3) is 0 Å². The van der Waals surface area contributed by atoms with Crippen LogP contribution in [0.3, 0.4) is 0 Å². The van der Waals surface area contributed by atoms with Gasteiger partial charge in [-0.3, -0.25) is 4.79 Å². The van der Waals surface area contributed by atoms with E-state index in [2.05, 4.69) is 0 Å². The summed E-state index contributed by atoms with van der Waals surface area (Å²) < 4.78 is 5.51. The maximum Gasteiger partial charge on any atom is 0.260 e. The summed E-state index contributed by atoms with van der Waals surface area (Å²) in [6.45, 7) is 1.84. The number of amides is 1. The maximum absolute atomic E-state index is 12.3. The maximum atomic E-state index is 12.3. The van der Waals surface area contributed by atoms with E-state index in [1.54, 1.807) is 36.2 Å². The molecule has 2 aromatic carbocycles. The van der Waals surface area contributed by atoms with Crippen molar-refractivity contribution >= 4 is 17.5 Å². The van der Waals surface area contributed by atoms with Gasteiger partial charge in [0.2, 0.25) is 0 Å². The summed E-state index contributed by atoms with van der Waals surface area (Å²) in [4.78, 5) is 13.9. The third-order valence-corrected chi connectivity index (χ3v) is 4.02. The van der Waals surface area contributed by atoms with Crippen molar-refractivity contribution in [1.29, 1.82) is 0 Å². The second-order valence-corrected chi connectivity index (χ2v) is 5.76. The van der Waals surface area contributed by atoms with E-state index in [9.17, 15) is 4.79 Å². The van der Waals surface area contributed by atoms with Gasteiger partial charge in [0.1, 0.15) is 5.75 Å². The van der Waals surface area contributed by atoms with Gasteiger partial charge in [-0.05, 0) is 42.3 Å². The first-order valence-electron chi connectivity index (χ1n) is 7.35. The summed E-state index contributed by atoms with van der Waals surface area (Å²) in [5.74, 6) is 0.444. The Labute approximate surface area is 141 Å². The lowest BCUT2D eigenvalue weighted by atomic mass is 10.1. The highest BCUT2D eigenvalue weighted by molar-refractivity contribution is 6.30. The highest BCUT2D eigenvalue weighted by atomic mass is 35.5. The van der Waals surface area contributed by atoms with E-state index in [1.165, 1.54) is 0 Å². The lowest BCUT2D eigenvalue weighted by molar-refractivity contribution is -0.134. The summed E-state index contributed by atoms with van der Waals surface area (Å²) >= 11 is 5.88. The fourth-order valence-corrected chi connectivity index (χ4v) is 2.29. The van der Waals surface area contributed by atoms with Gasteiger partial charge in [0.15, 0.2) is 6.61 Å². The molecule has 0 heterocycles. The van der Waals surface area contributed by atoms with Gasteiger partial charge in [-0.2, -0.15) is 0 Å². The molecule has 1 amide bonds. The fraction of sp³-hybridized carbons (Fsp3) is 0.278. The summed E-state index contributed by atoms with van der Waals surface area (Å²) in [5, 5.41) is 9.77. The van der Waals surface area contributed by atoms with Crippen molar-refractivity contribution in [2.75, 3.05) is 13.7 Å². The van der Waals surface area contributed by atoms with Crippen LogP contribution >= 0.6 is 11.6 Å². The summed E-state index contributed by atoms with van der Waals surface area (Å²) in [5.41, 5.74) is 1.75. The van der Waals surface area contributed by atoms with Crippen LogP contribution in [-0.4, -0.2) is 29.6 Å². The van der Waals surface area contributed by atoms with E-state index < -0.39 is 0 Å². The van der Waals surface area contributed by atoms with E-state index in [4.69, 9.17) is 21.4 Å². The Balaban J connectivity index is 1.95. The molecule has 1 N–H and O–H groups in total. The molecule has 4 nitrogen and oxygen atoms in total. The fourth-order valence-electron chi connectivity index (χ4n) is 2.16. The Bertz CT molecular complexity index is 658. The molecule has 0 aliphatic carbocycles. The van der Waals surface area contributed by atoms with E-state index >= 15 is 0 Å². The molecule has 0 spiro atoms. The van der Waals surface area contributed by atoms with Crippen LogP contribution in [0.5, 0.6) is 5.75 Å². The molecule has 0 bridgehead atoms. The molecule has 0 aliphatic heterocycles. The standard InChI is InChI=1S/C18H20ClNO3/c1-13(15-6-8-16(19)9-7-15)20(2)18(22)12-23-17-5-3-4-14(10-17)11-21/h3-10,13,21H,11-12H2,1-2H3. The number of halogens is 1. The summed E-state index contributed by atoms with van der Waals surface area (Å²) in [6.07, 6.45) is 0. The highest BCUT2D eigenvalue weighted by Gasteiger charge is 2.17. The van der Waals surface area contributed by atoms with Crippen LogP contribution in [0, 0.1) is 0 Å². The normalized spacial score (nSPS) is 11.8. The number of hydrogen-bond acceptors (Lipinski definition) is 3.